The van der Waals surface area contributed by atoms with Crippen molar-refractivity contribution in [3.05, 3.63) is 45.5 Å². The van der Waals surface area contributed by atoms with E-state index >= 15 is 0 Å². The molecule has 0 aliphatic carbocycles. The Bertz CT molecular complexity index is 683. The van der Waals surface area contributed by atoms with Crippen LogP contribution in [0.25, 0.3) is 0 Å². The van der Waals surface area contributed by atoms with Crippen LogP contribution in [-0.4, -0.2) is 32.1 Å². The van der Waals surface area contributed by atoms with Gasteiger partial charge in [0.15, 0.2) is 5.82 Å². The Kier molecular flexibility index (Phi) is 3.40. The number of hydrogen-bond acceptors (Lipinski definition) is 3. The second kappa shape index (κ2) is 5.07. The fraction of sp³-hybridized carbons (Fsp3) is 0.308. The first kappa shape index (κ1) is 13.4. The lowest BCUT2D eigenvalue weighted by Crippen LogP contribution is -2.38. The minimum absolute atomic E-state index is 0.135. The van der Waals surface area contributed by atoms with Gasteiger partial charge in [-0.1, -0.05) is 29.3 Å². The number of fused-ring (bicyclic) bond motifs is 1. The highest BCUT2D eigenvalue weighted by Crippen LogP contribution is 2.27. The standard InChI is InChI=1S/C13H12Cl2N4O/c1-8-16-17-11-7-18(5-6-19(8)11)13(20)9-3-2-4-10(14)12(9)15/h2-4H,5-7H2,1H3. The minimum atomic E-state index is -0.135. The molecular weight excluding hydrogens is 299 g/mol. The predicted octanol–water partition coefficient (Wildman–Crippen LogP) is 2.55. The summed E-state index contributed by atoms with van der Waals surface area (Å²) in [5.74, 6) is 1.53. The summed E-state index contributed by atoms with van der Waals surface area (Å²) in [4.78, 5) is 14.2. The Labute approximate surface area is 126 Å². The van der Waals surface area contributed by atoms with Crippen molar-refractivity contribution in [2.45, 2.75) is 20.0 Å². The van der Waals surface area contributed by atoms with Gasteiger partial charge in [-0.15, -0.1) is 10.2 Å². The van der Waals surface area contributed by atoms with E-state index in [0.29, 0.717) is 35.2 Å². The van der Waals surface area contributed by atoms with Gasteiger partial charge in [0.1, 0.15) is 5.82 Å². The van der Waals surface area contributed by atoms with E-state index in [1.54, 1.807) is 23.1 Å². The highest BCUT2D eigenvalue weighted by atomic mass is 35.5. The molecule has 20 heavy (non-hydrogen) atoms. The molecule has 5 nitrogen and oxygen atoms in total. The molecule has 0 saturated carbocycles. The number of benzene rings is 1. The normalized spacial score (nSPS) is 14.2. The van der Waals surface area contributed by atoms with Crippen LogP contribution < -0.4 is 0 Å². The third-order valence-corrected chi connectivity index (χ3v) is 4.23. The minimum Gasteiger partial charge on any atom is -0.329 e. The summed E-state index contributed by atoms with van der Waals surface area (Å²) in [6.07, 6.45) is 0. The van der Waals surface area contributed by atoms with Crippen LogP contribution in [0.3, 0.4) is 0 Å². The first-order chi connectivity index (χ1) is 9.58. The zero-order valence-corrected chi connectivity index (χ0v) is 12.3. The molecule has 0 N–H and O–H groups in total. The molecule has 0 unspecified atom stereocenters. The van der Waals surface area contributed by atoms with Gasteiger partial charge >= 0.3 is 0 Å². The second-order valence-electron chi connectivity index (χ2n) is 4.64. The van der Waals surface area contributed by atoms with Gasteiger partial charge in [-0.3, -0.25) is 4.79 Å². The van der Waals surface area contributed by atoms with Gasteiger partial charge in [0.25, 0.3) is 5.91 Å². The van der Waals surface area contributed by atoms with Crippen molar-refractivity contribution in [3.63, 3.8) is 0 Å². The van der Waals surface area contributed by atoms with Crippen molar-refractivity contribution in [2.24, 2.45) is 0 Å². The number of aromatic nitrogens is 3. The number of carbonyl (C=O) groups excluding carboxylic acids is 1. The first-order valence-electron chi connectivity index (χ1n) is 6.20. The van der Waals surface area contributed by atoms with E-state index in [-0.39, 0.29) is 5.91 Å². The van der Waals surface area contributed by atoms with Gasteiger partial charge in [0, 0.05) is 13.1 Å². The molecule has 0 fully saturated rings. The van der Waals surface area contributed by atoms with Crippen LogP contribution in [-0.2, 0) is 13.1 Å². The molecule has 2 heterocycles. The topological polar surface area (TPSA) is 51.0 Å². The number of halogens is 2. The Morgan fingerprint density at radius 2 is 2.05 bits per heavy atom. The number of rotatable bonds is 1. The summed E-state index contributed by atoms with van der Waals surface area (Å²) in [6.45, 7) is 3.63. The van der Waals surface area contributed by atoms with Crippen molar-refractivity contribution in [1.82, 2.24) is 19.7 Å². The Hall–Kier alpha value is -1.59. The largest absolute Gasteiger partial charge is 0.329 e. The number of carbonyl (C=O) groups is 1. The lowest BCUT2D eigenvalue weighted by Gasteiger charge is -2.28. The molecular formula is C13H12Cl2N4O. The molecule has 2 aromatic rings. The Morgan fingerprint density at radius 3 is 2.85 bits per heavy atom. The molecule has 0 atom stereocenters. The van der Waals surface area contributed by atoms with E-state index in [4.69, 9.17) is 23.2 Å². The van der Waals surface area contributed by atoms with Gasteiger partial charge in [-0.05, 0) is 19.1 Å². The molecule has 1 aromatic carbocycles. The number of aryl methyl sites for hydroxylation is 1. The molecule has 0 saturated heterocycles. The average Bonchev–Trinajstić information content (AvgIpc) is 2.82. The van der Waals surface area contributed by atoms with Crippen LogP contribution in [0.4, 0.5) is 0 Å². The van der Waals surface area contributed by atoms with Crippen molar-refractivity contribution >= 4 is 29.1 Å². The summed E-state index contributed by atoms with van der Waals surface area (Å²) < 4.78 is 2.02. The maximum absolute atomic E-state index is 12.5. The highest BCUT2D eigenvalue weighted by Gasteiger charge is 2.25. The van der Waals surface area contributed by atoms with E-state index in [1.165, 1.54) is 0 Å². The summed E-state index contributed by atoms with van der Waals surface area (Å²) in [6, 6.07) is 5.07. The van der Waals surface area contributed by atoms with E-state index in [0.717, 1.165) is 11.6 Å². The second-order valence-corrected chi connectivity index (χ2v) is 5.43. The molecule has 0 bridgehead atoms. The number of hydrogen-bond donors (Lipinski definition) is 0. The van der Waals surface area contributed by atoms with Crippen LogP contribution in [0, 0.1) is 6.92 Å². The highest BCUT2D eigenvalue weighted by molar-refractivity contribution is 6.43. The predicted molar refractivity (Wildman–Crippen MR) is 76.0 cm³/mol. The third kappa shape index (κ3) is 2.17. The Balaban J connectivity index is 1.88. The number of nitrogens with zero attached hydrogens (tertiary/aromatic N) is 4. The van der Waals surface area contributed by atoms with Crippen LogP contribution in [0.1, 0.15) is 22.0 Å². The zero-order valence-electron chi connectivity index (χ0n) is 10.8. The van der Waals surface area contributed by atoms with Gasteiger partial charge < -0.3 is 9.47 Å². The van der Waals surface area contributed by atoms with Crippen LogP contribution >= 0.6 is 23.2 Å². The molecule has 3 rings (SSSR count). The summed E-state index contributed by atoms with van der Waals surface area (Å²) in [5, 5.41) is 8.78. The Morgan fingerprint density at radius 1 is 1.25 bits per heavy atom. The third-order valence-electron chi connectivity index (χ3n) is 3.41. The van der Waals surface area contributed by atoms with Gasteiger partial charge in [-0.2, -0.15) is 0 Å². The van der Waals surface area contributed by atoms with Gasteiger partial charge in [0.05, 0.1) is 22.2 Å². The van der Waals surface area contributed by atoms with Crippen molar-refractivity contribution < 1.29 is 4.79 Å². The lowest BCUT2D eigenvalue weighted by molar-refractivity contribution is 0.0707. The van der Waals surface area contributed by atoms with E-state index in [9.17, 15) is 4.79 Å². The summed E-state index contributed by atoms with van der Waals surface area (Å²) >= 11 is 12.1. The molecule has 7 heteroatoms. The number of amides is 1. The molecule has 1 aliphatic heterocycles. The summed E-state index contributed by atoms with van der Waals surface area (Å²) in [5.41, 5.74) is 0.420. The van der Waals surface area contributed by atoms with Crippen molar-refractivity contribution in [3.8, 4) is 0 Å². The molecule has 0 radical (unpaired) electrons. The smallest absolute Gasteiger partial charge is 0.255 e. The molecule has 104 valence electrons. The zero-order chi connectivity index (χ0) is 14.3. The molecule has 1 amide bonds. The van der Waals surface area contributed by atoms with E-state index in [1.807, 2.05) is 11.5 Å². The SMILES string of the molecule is Cc1nnc2n1CCN(C(=O)c1cccc(Cl)c1Cl)C2. The maximum Gasteiger partial charge on any atom is 0.255 e. The van der Waals surface area contributed by atoms with Crippen LogP contribution in [0.2, 0.25) is 10.0 Å². The van der Waals surface area contributed by atoms with Gasteiger partial charge in [-0.25, -0.2) is 0 Å². The molecule has 0 spiro atoms. The fourth-order valence-corrected chi connectivity index (χ4v) is 2.70. The molecule has 1 aromatic heterocycles. The summed E-state index contributed by atoms with van der Waals surface area (Å²) in [7, 11) is 0. The maximum atomic E-state index is 12.5. The quantitative estimate of drug-likeness (QED) is 0.813. The average molecular weight is 311 g/mol. The molecule has 1 aliphatic rings. The van der Waals surface area contributed by atoms with Crippen LogP contribution in [0.5, 0.6) is 0 Å². The van der Waals surface area contributed by atoms with E-state index < -0.39 is 0 Å². The first-order valence-corrected chi connectivity index (χ1v) is 6.95. The lowest BCUT2D eigenvalue weighted by atomic mass is 10.2. The fourth-order valence-electron chi connectivity index (χ4n) is 2.32. The van der Waals surface area contributed by atoms with Crippen LogP contribution in [0.15, 0.2) is 18.2 Å². The van der Waals surface area contributed by atoms with Gasteiger partial charge in [0.2, 0.25) is 0 Å². The van der Waals surface area contributed by atoms with Crippen molar-refractivity contribution in [1.29, 1.82) is 0 Å². The van der Waals surface area contributed by atoms with Crippen molar-refractivity contribution in [2.75, 3.05) is 6.54 Å². The van der Waals surface area contributed by atoms with E-state index in [2.05, 4.69) is 10.2 Å². The monoisotopic (exact) mass is 310 g/mol.